The average molecular weight is 283 g/mol. The minimum absolute atomic E-state index is 0.304. The maximum atomic E-state index is 13.7. The van der Waals surface area contributed by atoms with Crippen molar-refractivity contribution in [2.45, 2.75) is 13.5 Å². The van der Waals surface area contributed by atoms with E-state index in [0.717, 1.165) is 11.4 Å². The monoisotopic (exact) mass is 283 g/mol. The normalized spacial score (nSPS) is 10.0. The molecule has 2 aromatic rings. The van der Waals surface area contributed by atoms with Crippen LogP contribution in [0.3, 0.4) is 0 Å². The third-order valence-electron chi connectivity index (χ3n) is 3.35. The zero-order valence-corrected chi connectivity index (χ0v) is 12.4. The number of nitrogens with zero attached hydrogens (tertiary/aromatic N) is 2. The lowest BCUT2D eigenvalue weighted by Crippen LogP contribution is -2.11. The molecule has 108 valence electrons. The second-order valence-corrected chi connectivity index (χ2v) is 5.17. The van der Waals surface area contributed by atoms with E-state index in [-0.39, 0.29) is 5.82 Å². The van der Waals surface area contributed by atoms with Gasteiger partial charge in [-0.2, -0.15) is 5.26 Å². The smallest absolute Gasteiger partial charge is 0.128 e. The fourth-order valence-electron chi connectivity index (χ4n) is 2.18. The summed E-state index contributed by atoms with van der Waals surface area (Å²) in [5, 5.41) is 12.1. The van der Waals surface area contributed by atoms with Gasteiger partial charge in [0, 0.05) is 37.6 Å². The molecule has 2 aromatic carbocycles. The predicted molar refractivity (Wildman–Crippen MR) is 83.9 cm³/mol. The van der Waals surface area contributed by atoms with E-state index < -0.39 is 0 Å². The zero-order chi connectivity index (χ0) is 15.4. The fraction of sp³-hybridized carbons (Fsp3) is 0.235. The van der Waals surface area contributed by atoms with Crippen LogP contribution in [0.5, 0.6) is 0 Å². The summed E-state index contributed by atoms with van der Waals surface area (Å²) >= 11 is 0. The Morgan fingerprint density at radius 3 is 2.62 bits per heavy atom. The fourth-order valence-corrected chi connectivity index (χ4v) is 2.18. The number of nitriles is 1. The van der Waals surface area contributed by atoms with Crippen LogP contribution >= 0.6 is 0 Å². The van der Waals surface area contributed by atoms with E-state index >= 15 is 0 Å². The highest BCUT2D eigenvalue weighted by Crippen LogP contribution is 2.23. The molecule has 0 amide bonds. The first-order chi connectivity index (χ1) is 10.0. The van der Waals surface area contributed by atoms with E-state index in [4.69, 9.17) is 5.26 Å². The van der Waals surface area contributed by atoms with Crippen molar-refractivity contribution in [2.75, 3.05) is 24.3 Å². The molecule has 0 saturated heterocycles. The second kappa shape index (κ2) is 6.27. The van der Waals surface area contributed by atoms with E-state index in [1.54, 1.807) is 6.07 Å². The van der Waals surface area contributed by atoms with Crippen LogP contribution in [0.2, 0.25) is 0 Å². The third kappa shape index (κ3) is 3.51. The Bertz CT molecular complexity index is 687. The molecule has 1 N–H and O–H groups in total. The summed E-state index contributed by atoms with van der Waals surface area (Å²) < 4.78 is 13.7. The first kappa shape index (κ1) is 14.9. The standard InChI is InChI=1S/C17H18FN3/c1-12-4-6-15(9-17(12)21(2)3)20-11-14-8-13(10-19)5-7-16(14)18/h4-9,20H,11H2,1-3H3. The summed E-state index contributed by atoms with van der Waals surface area (Å²) in [5.41, 5.74) is 4.17. The number of halogens is 1. The van der Waals surface area contributed by atoms with Gasteiger partial charge in [0.25, 0.3) is 0 Å². The van der Waals surface area contributed by atoms with Crippen molar-refractivity contribution < 1.29 is 4.39 Å². The second-order valence-electron chi connectivity index (χ2n) is 5.17. The van der Waals surface area contributed by atoms with Crippen molar-refractivity contribution in [1.82, 2.24) is 0 Å². The minimum atomic E-state index is -0.304. The van der Waals surface area contributed by atoms with Gasteiger partial charge in [-0.3, -0.25) is 0 Å². The predicted octanol–water partition coefficient (Wildman–Crippen LogP) is 3.68. The van der Waals surface area contributed by atoms with Crippen molar-refractivity contribution in [3.63, 3.8) is 0 Å². The Hall–Kier alpha value is -2.54. The Balaban J connectivity index is 2.17. The third-order valence-corrected chi connectivity index (χ3v) is 3.35. The number of anilines is 2. The molecule has 0 aliphatic carbocycles. The zero-order valence-electron chi connectivity index (χ0n) is 12.4. The number of benzene rings is 2. The lowest BCUT2D eigenvalue weighted by atomic mass is 10.1. The van der Waals surface area contributed by atoms with Gasteiger partial charge in [-0.25, -0.2) is 4.39 Å². The van der Waals surface area contributed by atoms with Crippen molar-refractivity contribution in [3.05, 3.63) is 58.9 Å². The van der Waals surface area contributed by atoms with Gasteiger partial charge in [0.2, 0.25) is 0 Å². The summed E-state index contributed by atoms with van der Waals surface area (Å²) in [5.74, 6) is -0.304. The maximum Gasteiger partial charge on any atom is 0.128 e. The molecule has 0 spiro atoms. The molecule has 0 saturated carbocycles. The van der Waals surface area contributed by atoms with Crippen LogP contribution in [-0.4, -0.2) is 14.1 Å². The van der Waals surface area contributed by atoms with Crippen LogP contribution < -0.4 is 10.2 Å². The van der Waals surface area contributed by atoms with E-state index in [1.165, 1.54) is 17.7 Å². The lowest BCUT2D eigenvalue weighted by molar-refractivity contribution is 0.612. The highest BCUT2D eigenvalue weighted by Gasteiger charge is 2.05. The van der Waals surface area contributed by atoms with Crippen molar-refractivity contribution in [3.8, 4) is 6.07 Å². The van der Waals surface area contributed by atoms with Crippen LogP contribution in [0.4, 0.5) is 15.8 Å². The molecule has 4 heteroatoms. The molecule has 0 atom stereocenters. The van der Waals surface area contributed by atoms with Gasteiger partial charge < -0.3 is 10.2 Å². The Morgan fingerprint density at radius 1 is 1.19 bits per heavy atom. The minimum Gasteiger partial charge on any atom is -0.381 e. The number of hydrogen-bond donors (Lipinski definition) is 1. The Morgan fingerprint density at radius 2 is 1.95 bits per heavy atom. The largest absolute Gasteiger partial charge is 0.381 e. The average Bonchev–Trinajstić information content (AvgIpc) is 2.47. The van der Waals surface area contributed by atoms with Crippen molar-refractivity contribution in [2.24, 2.45) is 0 Å². The van der Waals surface area contributed by atoms with E-state index in [0.29, 0.717) is 17.7 Å². The molecule has 0 bridgehead atoms. The van der Waals surface area contributed by atoms with Crippen molar-refractivity contribution in [1.29, 1.82) is 5.26 Å². The van der Waals surface area contributed by atoms with Gasteiger partial charge in [-0.05, 0) is 42.8 Å². The number of nitrogens with one attached hydrogen (secondary N) is 1. The van der Waals surface area contributed by atoms with Gasteiger partial charge >= 0.3 is 0 Å². The summed E-state index contributed by atoms with van der Waals surface area (Å²) in [6.45, 7) is 2.40. The van der Waals surface area contributed by atoms with Gasteiger partial charge in [0.1, 0.15) is 5.82 Å². The lowest BCUT2D eigenvalue weighted by Gasteiger charge is -2.17. The number of rotatable bonds is 4. The molecule has 0 heterocycles. The van der Waals surface area contributed by atoms with Crippen molar-refractivity contribution >= 4 is 11.4 Å². The topological polar surface area (TPSA) is 39.1 Å². The van der Waals surface area contributed by atoms with Gasteiger partial charge in [-0.1, -0.05) is 6.07 Å². The molecule has 3 nitrogen and oxygen atoms in total. The summed E-state index contributed by atoms with van der Waals surface area (Å²) in [6, 6.07) is 12.4. The van der Waals surface area contributed by atoms with Crippen LogP contribution in [0.25, 0.3) is 0 Å². The first-order valence-corrected chi connectivity index (χ1v) is 6.71. The van der Waals surface area contributed by atoms with Gasteiger partial charge in [-0.15, -0.1) is 0 Å². The summed E-state index contributed by atoms with van der Waals surface area (Å²) in [7, 11) is 3.98. The highest BCUT2D eigenvalue weighted by molar-refractivity contribution is 5.62. The van der Waals surface area contributed by atoms with E-state index in [9.17, 15) is 4.39 Å². The van der Waals surface area contributed by atoms with Crippen LogP contribution in [0.1, 0.15) is 16.7 Å². The van der Waals surface area contributed by atoms with E-state index in [2.05, 4.69) is 12.2 Å². The molecule has 0 fully saturated rings. The maximum absolute atomic E-state index is 13.7. The highest BCUT2D eigenvalue weighted by atomic mass is 19.1. The van der Waals surface area contributed by atoms with Gasteiger partial charge in [0.15, 0.2) is 0 Å². The van der Waals surface area contributed by atoms with Gasteiger partial charge in [0.05, 0.1) is 11.6 Å². The van der Waals surface area contributed by atoms with Crippen LogP contribution in [-0.2, 0) is 6.54 Å². The van der Waals surface area contributed by atoms with Crippen LogP contribution in [0.15, 0.2) is 36.4 Å². The first-order valence-electron chi connectivity index (χ1n) is 6.71. The SMILES string of the molecule is Cc1ccc(NCc2cc(C#N)ccc2F)cc1N(C)C. The molecule has 0 aliphatic rings. The molecule has 0 radical (unpaired) electrons. The molecule has 21 heavy (non-hydrogen) atoms. The molecule has 0 aliphatic heterocycles. The quantitative estimate of drug-likeness (QED) is 0.930. The Labute approximate surface area is 124 Å². The molecule has 2 rings (SSSR count). The van der Waals surface area contributed by atoms with Crippen LogP contribution in [0, 0.1) is 24.1 Å². The summed E-state index contributed by atoms with van der Waals surface area (Å²) in [4.78, 5) is 2.04. The molecule has 0 aromatic heterocycles. The summed E-state index contributed by atoms with van der Waals surface area (Å²) in [6.07, 6.45) is 0. The molecule has 0 unspecified atom stereocenters. The van der Waals surface area contributed by atoms with E-state index in [1.807, 2.05) is 43.3 Å². The molecular weight excluding hydrogens is 265 g/mol. The number of hydrogen-bond acceptors (Lipinski definition) is 3. The molecular formula is C17H18FN3. The number of aryl methyl sites for hydroxylation is 1. The Kier molecular flexibility index (Phi) is 4.44.